The van der Waals surface area contributed by atoms with Gasteiger partial charge in [-0.15, -0.1) is 0 Å². The Hall–Kier alpha value is -2.68. The van der Waals surface area contributed by atoms with E-state index in [9.17, 15) is 10.1 Å². The molecule has 1 N–H and O–H groups in total. The molecule has 0 radical (unpaired) electrons. The Morgan fingerprint density at radius 1 is 1.31 bits per heavy atom. The zero-order valence-corrected chi connectivity index (χ0v) is 18.2. The predicted molar refractivity (Wildman–Crippen MR) is 117 cm³/mol. The number of benzene rings is 2. The van der Waals surface area contributed by atoms with Gasteiger partial charge in [-0.1, -0.05) is 36.2 Å². The topological polar surface area (TPSA) is 71.3 Å². The Bertz CT molecular complexity index is 981. The van der Waals surface area contributed by atoms with Crippen LogP contribution in [0.2, 0.25) is 10.0 Å². The largest absolute Gasteiger partial charge is 0.493 e. The van der Waals surface area contributed by atoms with Crippen molar-refractivity contribution in [2.75, 3.05) is 12.4 Å². The van der Waals surface area contributed by atoms with Gasteiger partial charge in [-0.05, 0) is 61.7 Å². The van der Waals surface area contributed by atoms with Gasteiger partial charge in [0.1, 0.15) is 11.6 Å². The van der Waals surface area contributed by atoms with Crippen LogP contribution in [-0.2, 0) is 4.79 Å². The summed E-state index contributed by atoms with van der Waals surface area (Å²) in [5.74, 6) is 0.304. The number of carbonyl (C=O) groups excluding carboxylic acids is 1. The third-order valence-electron chi connectivity index (χ3n) is 4.34. The Balaban J connectivity index is 2.34. The third kappa shape index (κ3) is 5.66. The van der Waals surface area contributed by atoms with Gasteiger partial charge in [0, 0.05) is 10.7 Å². The highest BCUT2D eigenvalue weighted by Crippen LogP contribution is 2.38. The van der Waals surface area contributed by atoms with E-state index in [0.717, 1.165) is 12.0 Å². The lowest BCUT2D eigenvalue weighted by molar-refractivity contribution is -0.112. The number of hydrogen-bond donors (Lipinski definition) is 1. The fourth-order valence-corrected chi connectivity index (χ4v) is 2.91. The zero-order valence-electron chi connectivity index (χ0n) is 16.7. The summed E-state index contributed by atoms with van der Waals surface area (Å²) in [5, 5.41) is 13.0. The molecule has 1 atom stereocenters. The monoisotopic (exact) mass is 432 g/mol. The second-order valence-electron chi connectivity index (χ2n) is 6.41. The number of ether oxygens (including phenoxy) is 2. The Morgan fingerprint density at radius 3 is 2.66 bits per heavy atom. The number of hydrogen-bond acceptors (Lipinski definition) is 4. The highest BCUT2D eigenvalue weighted by atomic mass is 35.5. The van der Waals surface area contributed by atoms with E-state index in [0.29, 0.717) is 32.8 Å². The van der Waals surface area contributed by atoms with E-state index in [1.54, 1.807) is 37.3 Å². The van der Waals surface area contributed by atoms with E-state index < -0.39 is 5.91 Å². The molecule has 0 bridgehead atoms. The highest BCUT2D eigenvalue weighted by Gasteiger charge is 2.16. The van der Waals surface area contributed by atoms with E-state index >= 15 is 0 Å². The van der Waals surface area contributed by atoms with Gasteiger partial charge in [0.15, 0.2) is 11.5 Å². The van der Waals surface area contributed by atoms with Crippen molar-refractivity contribution < 1.29 is 14.3 Å². The molecule has 0 fully saturated rings. The van der Waals surface area contributed by atoms with Crippen molar-refractivity contribution in [3.8, 4) is 17.6 Å². The molecule has 2 aromatic carbocycles. The van der Waals surface area contributed by atoms with Crippen molar-refractivity contribution in [1.82, 2.24) is 0 Å². The van der Waals surface area contributed by atoms with Crippen LogP contribution in [0.3, 0.4) is 0 Å². The van der Waals surface area contributed by atoms with Crippen LogP contribution >= 0.6 is 23.2 Å². The van der Waals surface area contributed by atoms with Gasteiger partial charge in [0.2, 0.25) is 0 Å². The average molecular weight is 433 g/mol. The maximum absolute atomic E-state index is 12.6. The number of rotatable bonds is 7. The number of carbonyl (C=O) groups is 1. The molecule has 0 heterocycles. The molecule has 0 saturated heterocycles. The van der Waals surface area contributed by atoms with Crippen molar-refractivity contribution in [1.29, 1.82) is 5.26 Å². The quantitative estimate of drug-likeness (QED) is 0.427. The molecule has 0 aromatic heterocycles. The minimum absolute atomic E-state index is 0.0378. The number of nitriles is 1. The molecule has 1 unspecified atom stereocenters. The summed E-state index contributed by atoms with van der Waals surface area (Å²) in [4.78, 5) is 12.6. The number of methoxy groups -OCH3 is 1. The van der Waals surface area contributed by atoms with Crippen LogP contribution in [0.1, 0.15) is 31.4 Å². The van der Waals surface area contributed by atoms with Crippen molar-refractivity contribution in [2.24, 2.45) is 0 Å². The van der Waals surface area contributed by atoms with Gasteiger partial charge in [-0.25, -0.2) is 0 Å². The molecule has 5 nitrogen and oxygen atoms in total. The summed E-state index contributed by atoms with van der Waals surface area (Å²) in [6, 6.07) is 10.4. The fourth-order valence-electron chi connectivity index (χ4n) is 2.47. The summed E-state index contributed by atoms with van der Waals surface area (Å²) in [6.45, 7) is 5.72. The summed E-state index contributed by atoms with van der Waals surface area (Å²) >= 11 is 12.4. The third-order valence-corrected chi connectivity index (χ3v) is 5.03. The maximum atomic E-state index is 12.6. The predicted octanol–water partition coefficient (Wildman–Crippen LogP) is 6.03. The molecule has 0 spiro atoms. The minimum Gasteiger partial charge on any atom is -0.493 e. The lowest BCUT2D eigenvalue weighted by Crippen LogP contribution is -2.14. The Kier molecular flexibility index (Phi) is 7.95. The lowest BCUT2D eigenvalue weighted by Gasteiger charge is -2.17. The van der Waals surface area contributed by atoms with Gasteiger partial charge >= 0.3 is 0 Å². The van der Waals surface area contributed by atoms with Crippen LogP contribution in [0.25, 0.3) is 6.08 Å². The van der Waals surface area contributed by atoms with E-state index in [4.69, 9.17) is 32.7 Å². The van der Waals surface area contributed by atoms with Crippen LogP contribution in [0.5, 0.6) is 11.5 Å². The van der Waals surface area contributed by atoms with Gasteiger partial charge in [-0.3, -0.25) is 4.79 Å². The smallest absolute Gasteiger partial charge is 0.266 e. The second kappa shape index (κ2) is 10.2. The standard InChI is InChI=1S/C22H22Cl2N2O3/c1-5-13(2)29-21-18(24)10-15(11-20(21)28-4)9-16(12-25)22(27)26-19-8-6-7-17(23)14(19)3/h6-11,13H,5H2,1-4H3,(H,26,27). The second-order valence-corrected chi connectivity index (χ2v) is 7.22. The summed E-state index contributed by atoms with van der Waals surface area (Å²) in [5.41, 5.74) is 1.71. The number of anilines is 1. The minimum atomic E-state index is -0.548. The van der Waals surface area contributed by atoms with Crippen molar-refractivity contribution in [2.45, 2.75) is 33.3 Å². The van der Waals surface area contributed by atoms with Crippen LogP contribution in [-0.4, -0.2) is 19.1 Å². The van der Waals surface area contributed by atoms with Crippen LogP contribution in [0, 0.1) is 18.3 Å². The van der Waals surface area contributed by atoms with Crippen LogP contribution < -0.4 is 14.8 Å². The van der Waals surface area contributed by atoms with E-state index in [1.165, 1.54) is 13.2 Å². The Labute approximate surface area is 180 Å². The first-order valence-corrected chi connectivity index (χ1v) is 9.78. The van der Waals surface area contributed by atoms with Crippen molar-refractivity contribution >= 4 is 40.9 Å². The summed E-state index contributed by atoms with van der Waals surface area (Å²) in [6.07, 6.45) is 2.21. The molecule has 2 rings (SSSR count). The van der Waals surface area contributed by atoms with Crippen molar-refractivity contribution in [3.05, 3.63) is 57.1 Å². The molecule has 0 aliphatic rings. The molecule has 0 saturated carbocycles. The SMILES string of the molecule is CCC(C)Oc1c(Cl)cc(C=C(C#N)C(=O)Nc2cccc(Cl)c2C)cc1OC. The van der Waals surface area contributed by atoms with Gasteiger partial charge in [-0.2, -0.15) is 5.26 Å². The van der Waals surface area contributed by atoms with Gasteiger partial charge in [0.05, 0.1) is 18.2 Å². The molecule has 0 aliphatic carbocycles. The number of nitrogens with zero attached hydrogens (tertiary/aromatic N) is 1. The zero-order chi connectivity index (χ0) is 21.6. The average Bonchev–Trinajstić information content (AvgIpc) is 2.70. The van der Waals surface area contributed by atoms with E-state index in [1.807, 2.05) is 19.9 Å². The fraction of sp³-hybridized carbons (Fsp3) is 0.273. The molecular formula is C22H22Cl2N2O3. The first-order valence-electron chi connectivity index (χ1n) is 9.03. The molecule has 2 aromatic rings. The van der Waals surface area contributed by atoms with Crippen LogP contribution in [0.15, 0.2) is 35.9 Å². The number of halogens is 2. The van der Waals surface area contributed by atoms with Gasteiger partial charge in [0.25, 0.3) is 5.91 Å². The number of amides is 1. The van der Waals surface area contributed by atoms with E-state index in [2.05, 4.69) is 5.32 Å². The number of nitrogens with one attached hydrogen (secondary N) is 1. The molecule has 0 aliphatic heterocycles. The molecule has 152 valence electrons. The van der Waals surface area contributed by atoms with Crippen molar-refractivity contribution in [3.63, 3.8) is 0 Å². The molecule has 7 heteroatoms. The van der Waals surface area contributed by atoms with E-state index in [-0.39, 0.29) is 11.7 Å². The summed E-state index contributed by atoms with van der Waals surface area (Å²) < 4.78 is 11.2. The lowest BCUT2D eigenvalue weighted by atomic mass is 10.1. The molecule has 29 heavy (non-hydrogen) atoms. The highest BCUT2D eigenvalue weighted by molar-refractivity contribution is 6.32. The first kappa shape index (κ1) is 22.6. The molecule has 1 amide bonds. The normalized spacial score (nSPS) is 12.1. The molecular weight excluding hydrogens is 411 g/mol. The summed E-state index contributed by atoms with van der Waals surface area (Å²) in [7, 11) is 1.50. The first-order chi connectivity index (χ1) is 13.8. The maximum Gasteiger partial charge on any atom is 0.266 e. The van der Waals surface area contributed by atoms with Crippen LogP contribution in [0.4, 0.5) is 5.69 Å². The van der Waals surface area contributed by atoms with Gasteiger partial charge < -0.3 is 14.8 Å². The Morgan fingerprint density at radius 2 is 2.03 bits per heavy atom.